The number of nitrogens with zero attached hydrogens (tertiary/aromatic N) is 2. The first-order valence-corrected chi connectivity index (χ1v) is 14.6. The summed E-state index contributed by atoms with van der Waals surface area (Å²) in [5.41, 5.74) is 6.35. The average molecular weight is 479 g/mol. The number of hydrogen-bond acceptors (Lipinski definition) is 2. The third-order valence-electron chi connectivity index (χ3n) is 8.38. The molecule has 34 heavy (non-hydrogen) atoms. The minimum Gasteiger partial charge on any atom is -0.304 e. The van der Waals surface area contributed by atoms with Crippen LogP contribution in [0.2, 0.25) is 0 Å². The zero-order valence-electron chi connectivity index (χ0n) is 21.8. The van der Waals surface area contributed by atoms with Gasteiger partial charge in [0.2, 0.25) is 0 Å². The van der Waals surface area contributed by atoms with Gasteiger partial charge in [0.1, 0.15) is 0 Å². The van der Waals surface area contributed by atoms with E-state index in [0.717, 1.165) is 11.8 Å². The number of rotatable bonds is 10. The molecule has 1 atom stereocenters. The smallest absolute Gasteiger partial charge is 0.00218 e. The van der Waals surface area contributed by atoms with Crippen molar-refractivity contribution < 1.29 is 0 Å². The molecule has 2 heterocycles. The SMILES string of the molecule is CCCc1ccc(CC2CCN(CC)CC2)cc1CC1CCN(CCc2ccc(P)cc2)CC1. The summed E-state index contributed by atoms with van der Waals surface area (Å²) in [7, 11) is 2.78. The molecule has 2 aromatic rings. The lowest BCUT2D eigenvalue weighted by Crippen LogP contribution is -2.35. The Morgan fingerprint density at radius 2 is 1.32 bits per heavy atom. The number of aryl methyl sites for hydroxylation is 1. The lowest BCUT2D eigenvalue weighted by molar-refractivity contribution is 0.185. The van der Waals surface area contributed by atoms with Crippen molar-refractivity contribution >= 4 is 14.5 Å². The van der Waals surface area contributed by atoms with E-state index in [1.807, 2.05) is 0 Å². The summed E-state index contributed by atoms with van der Waals surface area (Å²) in [6.07, 6.45) is 11.7. The van der Waals surface area contributed by atoms with Gasteiger partial charge in [-0.25, -0.2) is 0 Å². The third kappa shape index (κ3) is 7.64. The lowest BCUT2D eigenvalue weighted by atomic mass is 9.84. The predicted octanol–water partition coefficient (Wildman–Crippen LogP) is 5.91. The first kappa shape index (κ1) is 25.9. The van der Waals surface area contributed by atoms with E-state index in [4.69, 9.17) is 0 Å². The fraction of sp³-hybridized carbons (Fsp3) is 0.613. The summed E-state index contributed by atoms with van der Waals surface area (Å²) in [5.74, 6) is 1.73. The molecule has 186 valence electrons. The third-order valence-corrected chi connectivity index (χ3v) is 8.77. The molecule has 0 saturated carbocycles. The minimum absolute atomic E-state index is 0.853. The van der Waals surface area contributed by atoms with Crippen LogP contribution in [0, 0.1) is 11.8 Å². The number of likely N-dealkylation sites (tertiary alicyclic amines) is 2. The van der Waals surface area contributed by atoms with Gasteiger partial charge in [0.15, 0.2) is 0 Å². The highest BCUT2D eigenvalue weighted by Gasteiger charge is 2.22. The van der Waals surface area contributed by atoms with E-state index in [1.165, 1.54) is 108 Å². The molecule has 2 aromatic carbocycles. The summed E-state index contributed by atoms with van der Waals surface area (Å²) in [6.45, 7) is 12.2. The molecule has 0 bridgehead atoms. The van der Waals surface area contributed by atoms with E-state index < -0.39 is 0 Å². The summed E-state index contributed by atoms with van der Waals surface area (Å²) < 4.78 is 0. The van der Waals surface area contributed by atoms with Crippen molar-refractivity contribution in [3.63, 3.8) is 0 Å². The topological polar surface area (TPSA) is 6.48 Å². The maximum absolute atomic E-state index is 2.78. The second kappa shape index (κ2) is 13.2. The monoisotopic (exact) mass is 478 g/mol. The normalized spacial score (nSPS) is 19.0. The molecular formula is C31H47N2P. The molecule has 0 spiro atoms. The van der Waals surface area contributed by atoms with Gasteiger partial charge in [0.05, 0.1) is 0 Å². The largest absolute Gasteiger partial charge is 0.304 e. The molecule has 1 unspecified atom stereocenters. The Kier molecular flexibility index (Phi) is 10.0. The number of piperidine rings is 2. The highest BCUT2D eigenvalue weighted by atomic mass is 31.0. The van der Waals surface area contributed by atoms with E-state index in [-0.39, 0.29) is 0 Å². The second-order valence-electron chi connectivity index (χ2n) is 10.9. The van der Waals surface area contributed by atoms with Crippen molar-refractivity contribution in [1.29, 1.82) is 0 Å². The maximum atomic E-state index is 2.78. The van der Waals surface area contributed by atoms with Crippen molar-refractivity contribution in [2.45, 2.75) is 71.6 Å². The van der Waals surface area contributed by atoms with Crippen LogP contribution in [0.25, 0.3) is 0 Å². The molecule has 4 rings (SSSR count). The highest BCUT2D eigenvalue weighted by Crippen LogP contribution is 2.27. The Balaban J connectivity index is 1.29. The molecule has 0 aliphatic carbocycles. The molecule has 2 fully saturated rings. The molecule has 2 aliphatic heterocycles. The Hall–Kier alpha value is -1.21. The van der Waals surface area contributed by atoms with Crippen LogP contribution in [-0.4, -0.2) is 49.1 Å². The van der Waals surface area contributed by atoms with Gasteiger partial charge in [-0.2, -0.15) is 0 Å². The van der Waals surface area contributed by atoms with Crippen LogP contribution in [0.4, 0.5) is 0 Å². The second-order valence-corrected chi connectivity index (χ2v) is 11.6. The van der Waals surface area contributed by atoms with E-state index in [9.17, 15) is 0 Å². The van der Waals surface area contributed by atoms with E-state index in [2.05, 4.69) is 75.4 Å². The standard InChI is InChI=1S/C31H47N2P/c1-3-5-29-9-6-28(22-26-13-17-32(4-2)18-14-26)24-30(29)23-27-15-20-33(21-16-27)19-12-25-7-10-31(34)11-8-25/h6-11,24,26-27H,3-5,12-23,34H2,1-2H3. The van der Waals surface area contributed by atoms with Gasteiger partial charge in [-0.15, -0.1) is 9.24 Å². The van der Waals surface area contributed by atoms with Gasteiger partial charge in [0, 0.05) is 6.54 Å². The van der Waals surface area contributed by atoms with Crippen LogP contribution in [0.15, 0.2) is 42.5 Å². The molecule has 2 saturated heterocycles. The Bertz CT molecular complexity index is 862. The molecular weight excluding hydrogens is 431 g/mol. The van der Waals surface area contributed by atoms with Crippen molar-refractivity contribution in [2.24, 2.45) is 11.8 Å². The molecule has 0 amide bonds. The molecule has 2 aliphatic rings. The summed E-state index contributed by atoms with van der Waals surface area (Å²) in [5, 5.41) is 1.28. The molecule has 3 heteroatoms. The zero-order chi connectivity index (χ0) is 23.8. The molecule has 2 nitrogen and oxygen atoms in total. The van der Waals surface area contributed by atoms with Crippen LogP contribution in [0.5, 0.6) is 0 Å². The fourth-order valence-corrected chi connectivity index (χ4v) is 6.24. The van der Waals surface area contributed by atoms with Crippen LogP contribution < -0.4 is 5.30 Å². The summed E-state index contributed by atoms with van der Waals surface area (Å²) in [4.78, 5) is 5.30. The highest BCUT2D eigenvalue weighted by molar-refractivity contribution is 7.27. The van der Waals surface area contributed by atoms with Crippen LogP contribution in [-0.2, 0) is 25.7 Å². The summed E-state index contributed by atoms with van der Waals surface area (Å²) in [6, 6.07) is 16.5. The van der Waals surface area contributed by atoms with Crippen LogP contribution in [0.3, 0.4) is 0 Å². The Morgan fingerprint density at radius 1 is 0.706 bits per heavy atom. The van der Waals surface area contributed by atoms with E-state index in [0.29, 0.717) is 0 Å². The Morgan fingerprint density at radius 3 is 1.97 bits per heavy atom. The van der Waals surface area contributed by atoms with Crippen molar-refractivity contribution in [3.8, 4) is 0 Å². The molecule has 0 aromatic heterocycles. The number of benzene rings is 2. The zero-order valence-corrected chi connectivity index (χ0v) is 22.9. The van der Waals surface area contributed by atoms with Crippen LogP contribution in [0.1, 0.15) is 68.2 Å². The first-order valence-electron chi connectivity index (χ1n) is 14.0. The van der Waals surface area contributed by atoms with Crippen molar-refractivity contribution in [2.75, 3.05) is 39.3 Å². The molecule has 0 radical (unpaired) electrons. The lowest BCUT2D eigenvalue weighted by Gasteiger charge is -2.33. The Labute approximate surface area is 211 Å². The average Bonchev–Trinajstić information content (AvgIpc) is 2.87. The van der Waals surface area contributed by atoms with Gasteiger partial charge in [0.25, 0.3) is 0 Å². The molecule has 0 N–H and O–H groups in total. The van der Waals surface area contributed by atoms with E-state index in [1.54, 1.807) is 16.7 Å². The van der Waals surface area contributed by atoms with Gasteiger partial charge >= 0.3 is 0 Å². The van der Waals surface area contributed by atoms with Gasteiger partial charge in [-0.05, 0) is 123 Å². The van der Waals surface area contributed by atoms with E-state index >= 15 is 0 Å². The predicted molar refractivity (Wildman–Crippen MR) is 151 cm³/mol. The maximum Gasteiger partial charge on any atom is 0.00218 e. The quantitative estimate of drug-likeness (QED) is 0.392. The fourth-order valence-electron chi connectivity index (χ4n) is 6.05. The first-order chi connectivity index (χ1) is 16.6. The number of hydrogen-bond donors (Lipinski definition) is 0. The minimum atomic E-state index is 0.853. The summed E-state index contributed by atoms with van der Waals surface area (Å²) >= 11 is 0. The van der Waals surface area contributed by atoms with Gasteiger partial charge in [-0.1, -0.05) is 62.7 Å². The van der Waals surface area contributed by atoms with Crippen LogP contribution >= 0.6 is 9.24 Å². The van der Waals surface area contributed by atoms with Gasteiger partial charge < -0.3 is 9.80 Å². The van der Waals surface area contributed by atoms with Crippen molar-refractivity contribution in [1.82, 2.24) is 9.80 Å². The van der Waals surface area contributed by atoms with Gasteiger partial charge in [-0.3, -0.25) is 0 Å². The van der Waals surface area contributed by atoms with Crippen molar-refractivity contribution in [3.05, 3.63) is 64.7 Å².